The van der Waals surface area contributed by atoms with E-state index in [1.165, 1.54) is 0 Å². The van der Waals surface area contributed by atoms with Crippen molar-refractivity contribution in [3.63, 3.8) is 0 Å². The van der Waals surface area contributed by atoms with Crippen LogP contribution >= 0.6 is 0 Å². The Kier molecular flexibility index (Phi) is 2.14. The molecule has 0 aromatic rings. The Balaban J connectivity index is 2.22. The minimum atomic E-state index is -4.63. The molecule has 4 nitrogen and oxygen atoms in total. The van der Waals surface area contributed by atoms with Crippen molar-refractivity contribution in [2.75, 3.05) is 13.1 Å². The van der Waals surface area contributed by atoms with Crippen LogP contribution in [0.4, 0.5) is 18.0 Å². The van der Waals surface area contributed by atoms with Crippen LogP contribution in [-0.2, 0) is 4.74 Å². The first-order valence-corrected chi connectivity index (χ1v) is 3.17. The summed E-state index contributed by atoms with van der Waals surface area (Å²) in [7, 11) is 0. The summed E-state index contributed by atoms with van der Waals surface area (Å²) in [4.78, 5) is 11.4. The van der Waals surface area contributed by atoms with Crippen LogP contribution in [0, 0.1) is 0 Å². The van der Waals surface area contributed by atoms with Crippen LogP contribution in [0.25, 0.3) is 0 Å². The second-order valence-electron chi connectivity index (χ2n) is 2.43. The second-order valence-corrected chi connectivity index (χ2v) is 2.43. The molecule has 0 aliphatic carbocycles. The fraction of sp³-hybridized carbons (Fsp3) is 0.800. The maximum atomic E-state index is 11.5. The van der Waals surface area contributed by atoms with Gasteiger partial charge >= 0.3 is 12.4 Å². The molecule has 0 saturated carbocycles. The Morgan fingerprint density at radius 1 is 1.50 bits per heavy atom. The van der Waals surface area contributed by atoms with Crippen LogP contribution in [0.3, 0.4) is 0 Å². The third kappa shape index (κ3) is 2.26. The monoisotopic (exact) mass is 184 g/mol. The molecule has 0 aromatic heterocycles. The normalized spacial score (nSPS) is 19.1. The molecule has 0 radical (unpaired) electrons. The number of alkyl halides is 3. The molecule has 0 atom stereocenters. The van der Waals surface area contributed by atoms with Crippen LogP contribution in [0.1, 0.15) is 0 Å². The van der Waals surface area contributed by atoms with Crippen LogP contribution in [-0.4, -0.2) is 36.5 Å². The number of urea groups is 1. The number of nitrogens with zero attached hydrogens (tertiary/aromatic N) is 1. The van der Waals surface area contributed by atoms with Gasteiger partial charge < -0.3 is 10.6 Å². The standard InChI is InChI=1S/C5H7F3N2O2/c6-5(7,8)12-3-1-10(2-3)4(9)11/h3H,1-2H2,(H2,9,11). The van der Waals surface area contributed by atoms with E-state index in [1.54, 1.807) is 0 Å². The van der Waals surface area contributed by atoms with Crippen molar-refractivity contribution in [3.8, 4) is 0 Å². The number of carbonyl (C=O) groups excluding carboxylic acids is 1. The lowest BCUT2D eigenvalue weighted by atomic mass is 10.2. The molecule has 1 rings (SSSR count). The summed E-state index contributed by atoms with van der Waals surface area (Å²) in [6.07, 6.45) is -5.59. The number of likely N-dealkylation sites (tertiary alicyclic amines) is 1. The molecule has 2 N–H and O–H groups in total. The molecule has 0 bridgehead atoms. The molecule has 2 amide bonds. The smallest absolute Gasteiger partial charge is 0.351 e. The van der Waals surface area contributed by atoms with Gasteiger partial charge in [0.05, 0.1) is 13.1 Å². The van der Waals surface area contributed by atoms with E-state index in [9.17, 15) is 18.0 Å². The molecule has 0 aromatic carbocycles. The fourth-order valence-electron chi connectivity index (χ4n) is 0.882. The molecule has 1 fully saturated rings. The number of rotatable bonds is 1. The molecule has 1 heterocycles. The summed E-state index contributed by atoms with van der Waals surface area (Å²) in [6, 6.07) is -0.725. The van der Waals surface area contributed by atoms with Gasteiger partial charge in [-0.1, -0.05) is 0 Å². The van der Waals surface area contributed by atoms with Crippen molar-refractivity contribution in [3.05, 3.63) is 0 Å². The number of nitrogens with two attached hydrogens (primary N) is 1. The summed E-state index contributed by atoms with van der Waals surface area (Å²) in [6.45, 7) is -0.177. The van der Waals surface area contributed by atoms with Gasteiger partial charge in [-0.2, -0.15) is 0 Å². The first-order chi connectivity index (χ1) is 5.38. The van der Waals surface area contributed by atoms with E-state index >= 15 is 0 Å². The van der Waals surface area contributed by atoms with Gasteiger partial charge in [-0.05, 0) is 0 Å². The van der Waals surface area contributed by atoms with Crippen molar-refractivity contribution in [1.82, 2.24) is 4.90 Å². The molecule has 1 saturated heterocycles. The van der Waals surface area contributed by atoms with Crippen molar-refractivity contribution >= 4 is 6.03 Å². The van der Waals surface area contributed by atoms with Crippen molar-refractivity contribution in [1.29, 1.82) is 0 Å². The second kappa shape index (κ2) is 2.81. The van der Waals surface area contributed by atoms with Gasteiger partial charge in [0.2, 0.25) is 0 Å². The molecular formula is C5H7F3N2O2. The highest BCUT2D eigenvalue weighted by Gasteiger charge is 2.40. The minimum absolute atomic E-state index is 0.0884. The number of halogens is 3. The number of carbonyl (C=O) groups is 1. The lowest BCUT2D eigenvalue weighted by molar-refractivity contribution is -0.352. The molecule has 7 heteroatoms. The molecule has 70 valence electrons. The Morgan fingerprint density at radius 3 is 2.33 bits per heavy atom. The van der Waals surface area contributed by atoms with Gasteiger partial charge in [0.15, 0.2) is 0 Å². The van der Waals surface area contributed by atoms with Gasteiger partial charge in [0.25, 0.3) is 0 Å². The average Bonchev–Trinajstić information content (AvgIpc) is 1.74. The summed E-state index contributed by atoms with van der Waals surface area (Å²) < 4.78 is 38.1. The average molecular weight is 184 g/mol. The molecular weight excluding hydrogens is 177 g/mol. The molecule has 0 spiro atoms. The summed E-state index contributed by atoms with van der Waals surface area (Å²) in [5.74, 6) is 0. The lowest BCUT2D eigenvalue weighted by Crippen LogP contribution is -2.57. The van der Waals surface area contributed by atoms with Crippen LogP contribution in [0.15, 0.2) is 0 Å². The third-order valence-electron chi connectivity index (χ3n) is 1.46. The molecule has 1 aliphatic heterocycles. The Labute approximate surface area is 66.1 Å². The van der Waals surface area contributed by atoms with Crippen LogP contribution in [0.5, 0.6) is 0 Å². The zero-order chi connectivity index (χ0) is 9.35. The first kappa shape index (κ1) is 9.11. The zero-order valence-corrected chi connectivity index (χ0v) is 5.97. The number of primary amides is 1. The van der Waals surface area contributed by atoms with Gasteiger partial charge in [0.1, 0.15) is 6.10 Å². The Morgan fingerprint density at radius 2 is 2.00 bits per heavy atom. The van der Waals surface area contributed by atoms with Crippen LogP contribution < -0.4 is 5.73 Å². The van der Waals surface area contributed by atoms with E-state index in [2.05, 4.69) is 4.74 Å². The SMILES string of the molecule is NC(=O)N1CC(OC(F)(F)F)C1. The Hall–Kier alpha value is -0.980. The maximum absolute atomic E-state index is 11.5. The molecule has 0 unspecified atom stereocenters. The van der Waals surface area contributed by atoms with Gasteiger partial charge in [-0.3, -0.25) is 4.74 Å². The minimum Gasteiger partial charge on any atom is -0.351 e. The predicted molar refractivity (Wildman–Crippen MR) is 32.1 cm³/mol. The van der Waals surface area contributed by atoms with E-state index in [-0.39, 0.29) is 13.1 Å². The predicted octanol–water partition coefficient (Wildman–Crippen LogP) is 0.286. The summed E-state index contributed by atoms with van der Waals surface area (Å²) >= 11 is 0. The Bertz CT molecular complexity index is 188. The maximum Gasteiger partial charge on any atom is 0.522 e. The topological polar surface area (TPSA) is 55.6 Å². The zero-order valence-electron chi connectivity index (χ0n) is 5.97. The van der Waals surface area contributed by atoms with E-state index in [4.69, 9.17) is 5.73 Å². The third-order valence-corrected chi connectivity index (χ3v) is 1.46. The van der Waals surface area contributed by atoms with Gasteiger partial charge in [-0.15, -0.1) is 13.2 Å². The summed E-state index contributed by atoms with van der Waals surface area (Å²) in [5.41, 5.74) is 4.77. The van der Waals surface area contributed by atoms with Gasteiger partial charge in [-0.25, -0.2) is 4.79 Å². The van der Waals surface area contributed by atoms with E-state index in [1.807, 2.05) is 0 Å². The highest BCUT2D eigenvalue weighted by atomic mass is 19.4. The van der Waals surface area contributed by atoms with Gasteiger partial charge in [0, 0.05) is 0 Å². The highest BCUT2D eigenvalue weighted by molar-refractivity contribution is 5.73. The van der Waals surface area contributed by atoms with E-state index < -0.39 is 18.5 Å². The van der Waals surface area contributed by atoms with Crippen molar-refractivity contribution in [2.45, 2.75) is 12.5 Å². The largest absolute Gasteiger partial charge is 0.522 e. The number of ether oxygens (including phenoxy) is 1. The van der Waals surface area contributed by atoms with Crippen molar-refractivity contribution in [2.24, 2.45) is 5.73 Å². The van der Waals surface area contributed by atoms with E-state index in [0.29, 0.717) is 0 Å². The number of hydrogen-bond acceptors (Lipinski definition) is 2. The number of hydrogen-bond donors (Lipinski definition) is 1. The number of amides is 2. The fourth-order valence-corrected chi connectivity index (χ4v) is 0.882. The quantitative estimate of drug-likeness (QED) is 0.636. The van der Waals surface area contributed by atoms with Crippen LogP contribution in [0.2, 0.25) is 0 Å². The van der Waals surface area contributed by atoms with Crippen molar-refractivity contribution < 1.29 is 22.7 Å². The lowest BCUT2D eigenvalue weighted by Gasteiger charge is -2.37. The highest BCUT2D eigenvalue weighted by Crippen LogP contribution is 2.23. The first-order valence-electron chi connectivity index (χ1n) is 3.17. The van der Waals surface area contributed by atoms with E-state index in [0.717, 1.165) is 4.90 Å². The molecule has 12 heavy (non-hydrogen) atoms. The molecule has 1 aliphatic rings. The summed E-state index contributed by atoms with van der Waals surface area (Å²) in [5, 5.41) is 0.